The second kappa shape index (κ2) is 11.1. The van der Waals surface area contributed by atoms with Gasteiger partial charge in [-0.15, -0.1) is 0 Å². The second-order valence-electron chi connectivity index (χ2n) is 9.17. The lowest BCUT2D eigenvalue weighted by Crippen LogP contribution is -2.30. The van der Waals surface area contributed by atoms with Gasteiger partial charge in [-0.05, 0) is 67.0 Å². The average Bonchev–Trinajstić information content (AvgIpc) is 2.96. The molecule has 0 amide bonds. The lowest BCUT2D eigenvalue weighted by molar-refractivity contribution is -0.590. The monoisotopic (exact) mass is 476 g/mol. The molecule has 35 heavy (non-hydrogen) atoms. The number of hydrogen-bond acceptors (Lipinski definition) is 5. The van der Waals surface area contributed by atoms with Crippen LogP contribution in [0.25, 0.3) is 0 Å². The van der Waals surface area contributed by atoms with E-state index in [2.05, 4.69) is 29.6 Å². The molecule has 1 heterocycles. The quantitative estimate of drug-likeness (QED) is 0.250. The zero-order chi connectivity index (χ0) is 24.8. The van der Waals surface area contributed by atoms with Crippen LogP contribution in [-0.4, -0.2) is 30.3 Å². The molecular formula is C28H32N2O5. The van der Waals surface area contributed by atoms with Crippen LogP contribution >= 0.6 is 0 Å². The topological polar surface area (TPSA) is 94.7 Å². The first-order valence-electron chi connectivity index (χ1n) is 12.1. The molecule has 7 heteroatoms. The summed E-state index contributed by atoms with van der Waals surface area (Å²) in [6.45, 7) is 4.98. The molecule has 4 rings (SSSR count). The Kier molecular flexibility index (Phi) is 7.75. The molecule has 1 aliphatic carbocycles. The number of carboxylic acid groups (broad SMARTS) is 1. The van der Waals surface area contributed by atoms with Gasteiger partial charge in [-0.3, -0.25) is 10.1 Å². The first-order valence-corrected chi connectivity index (χ1v) is 12.1. The summed E-state index contributed by atoms with van der Waals surface area (Å²) in [4.78, 5) is 11.4. The number of nitrogens with zero attached hydrogens (tertiary/aromatic N) is 1. The smallest absolute Gasteiger partial charge is 0.303 e. The molecule has 0 saturated heterocycles. The van der Waals surface area contributed by atoms with Gasteiger partial charge in [-0.2, -0.15) is 0 Å². The maximum absolute atomic E-state index is 12.0. The molecule has 0 radical (unpaired) electrons. The average molecular weight is 477 g/mol. The van der Waals surface area contributed by atoms with Gasteiger partial charge >= 0.3 is 5.97 Å². The number of carbonyl (C=O) groups is 1. The third-order valence-corrected chi connectivity index (χ3v) is 6.10. The van der Waals surface area contributed by atoms with Crippen molar-refractivity contribution in [1.29, 1.82) is 0 Å². The highest BCUT2D eigenvalue weighted by Gasteiger charge is 2.24. The van der Waals surface area contributed by atoms with Gasteiger partial charge in [0.25, 0.3) is 5.82 Å². The summed E-state index contributed by atoms with van der Waals surface area (Å²) in [5, 5.41) is 24.6. The van der Waals surface area contributed by atoms with E-state index in [1.165, 1.54) is 22.9 Å². The van der Waals surface area contributed by atoms with Crippen LogP contribution in [-0.2, 0) is 17.6 Å². The molecule has 1 atom stereocenters. The summed E-state index contributed by atoms with van der Waals surface area (Å²) in [6, 6.07) is 17.6. The standard InChI is InChI=1S/C28H32N2O5/c1-19(2)35-25-10-12-30(33)27(18-25)29-11-5-13-34-24-9-8-20-14-23(17-28(31)32)26-7-4-3-6-21(26)15-22(20)16-24/h3-4,6-10,12,16,18-19,23,29H,5,11,13-15,17H2,1-2H3,(H,31,32)/t23-/m0/s1. The van der Waals surface area contributed by atoms with E-state index < -0.39 is 5.97 Å². The molecule has 0 bridgehead atoms. The van der Waals surface area contributed by atoms with Crippen LogP contribution in [0.5, 0.6) is 11.5 Å². The number of pyridine rings is 1. The summed E-state index contributed by atoms with van der Waals surface area (Å²) in [6.07, 6.45) is 3.78. The number of carboxylic acids is 1. The third-order valence-electron chi connectivity index (χ3n) is 6.10. The fraction of sp³-hybridized carbons (Fsp3) is 0.357. The van der Waals surface area contributed by atoms with Crippen LogP contribution in [0.15, 0.2) is 60.8 Å². The number of aromatic nitrogens is 1. The molecule has 184 valence electrons. The lowest BCUT2D eigenvalue weighted by Gasteiger charge is -2.16. The first kappa shape index (κ1) is 24.4. The van der Waals surface area contributed by atoms with Crippen LogP contribution in [0.2, 0.25) is 0 Å². The summed E-state index contributed by atoms with van der Waals surface area (Å²) >= 11 is 0. The molecular weight excluding hydrogens is 444 g/mol. The molecule has 1 aliphatic rings. The number of anilines is 1. The van der Waals surface area contributed by atoms with Gasteiger partial charge < -0.3 is 19.8 Å². The third kappa shape index (κ3) is 6.44. The Morgan fingerprint density at radius 1 is 1.11 bits per heavy atom. The Hall–Kier alpha value is -3.74. The van der Waals surface area contributed by atoms with E-state index in [9.17, 15) is 15.1 Å². The molecule has 0 fully saturated rings. The van der Waals surface area contributed by atoms with E-state index in [1.54, 1.807) is 12.1 Å². The predicted octanol–water partition coefficient (Wildman–Crippen LogP) is 4.69. The number of rotatable bonds is 10. The zero-order valence-corrected chi connectivity index (χ0v) is 20.2. The van der Waals surface area contributed by atoms with Crippen molar-refractivity contribution in [3.8, 4) is 11.5 Å². The van der Waals surface area contributed by atoms with E-state index in [4.69, 9.17) is 9.47 Å². The van der Waals surface area contributed by atoms with Crippen molar-refractivity contribution in [1.82, 2.24) is 0 Å². The van der Waals surface area contributed by atoms with E-state index in [0.29, 0.717) is 31.1 Å². The van der Waals surface area contributed by atoms with Crippen LogP contribution < -0.4 is 19.5 Å². The van der Waals surface area contributed by atoms with Gasteiger partial charge in [-0.25, -0.2) is 4.73 Å². The molecule has 2 aromatic carbocycles. The molecule has 0 saturated carbocycles. The fourth-order valence-corrected chi connectivity index (χ4v) is 4.54. The highest BCUT2D eigenvalue weighted by molar-refractivity contribution is 5.68. The van der Waals surface area contributed by atoms with Crippen molar-refractivity contribution in [3.05, 3.63) is 88.3 Å². The van der Waals surface area contributed by atoms with Gasteiger partial charge in [0.1, 0.15) is 11.5 Å². The first-order chi connectivity index (χ1) is 16.9. The van der Waals surface area contributed by atoms with E-state index in [1.807, 2.05) is 32.0 Å². The Morgan fingerprint density at radius 3 is 2.74 bits per heavy atom. The minimum atomic E-state index is -0.775. The van der Waals surface area contributed by atoms with Crippen molar-refractivity contribution < 1.29 is 24.1 Å². The minimum Gasteiger partial charge on any atom is -0.711 e. The minimum absolute atomic E-state index is 0.0315. The SMILES string of the molecule is CC(C)Oc1cc[n+]([O-])c(NCCCOc2ccc3c(c2)Cc2ccccc2[C@H](CC(=O)O)C3)c1. The highest BCUT2D eigenvalue weighted by Crippen LogP contribution is 2.35. The van der Waals surface area contributed by atoms with Gasteiger partial charge in [0.15, 0.2) is 0 Å². The number of ether oxygens (including phenoxy) is 2. The predicted molar refractivity (Wildman–Crippen MR) is 134 cm³/mol. The molecule has 2 N–H and O–H groups in total. The maximum atomic E-state index is 12.0. The lowest BCUT2D eigenvalue weighted by atomic mass is 9.89. The summed E-state index contributed by atoms with van der Waals surface area (Å²) in [7, 11) is 0. The molecule has 0 aliphatic heterocycles. The molecule has 0 spiro atoms. The number of fused-ring (bicyclic) bond motifs is 2. The van der Waals surface area contributed by atoms with Gasteiger partial charge in [0.2, 0.25) is 0 Å². The second-order valence-corrected chi connectivity index (χ2v) is 9.17. The molecule has 7 nitrogen and oxygen atoms in total. The van der Waals surface area contributed by atoms with Gasteiger partial charge in [0.05, 0.1) is 37.9 Å². The van der Waals surface area contributed by atoms with Crippen molar-refractivity contribution in [2.24, 2.45) is 0 Å². The van der Waals surface area contributed by atoms with Crippen LogP contribution in [0.4, 0.5) is 5.82 Å². The zero-order valence-electron chi connectivity index (χ0n) is 20.2. The van der Waals surface area contributed by atoms with Crippen LogP contribution in [0.1, 0.15) is 54.9 Å². The number of benzene rings is 2. The largest absolute Gasteiger partial charge is 0.711 e. The fourth-order valence-electron chi connectivity index (χ4n) is 4.54. The van der Waals surface area contributed by atoms with Crippen molar-refractivity contribution in [2.75, 3.05) is 18.5 Å². The Morgan fingerprint density at radius 2 is 1.94 bits per heavy atom. The van der Waals surface area contributed by atoms with Gasteiger partial charge in [0, 0.05) is 12.5 Å². The van der Waals surface area contributed by atoms with Crippen molar-refractivity contribution in [3.63, 3.8) is 0 Å². The van der Waals surface area contributed by atoms with Crippen molar-refractivity contribution >= 4 is 11.8 Å². The Bertz CT molecular complexity index is 1180. The Balaban J connectivity index is 1.35. The van der Waals surface area contributed by atoms with Crippen molar-refractivity contribution in [2.45, 2.75) is 51.6 Å². The van der Waals surface area contributed by atoms with E-state index in [-0.39, 0.29) is 18.4 Å². The number of aliphatic carboxylic acids is 1. The normalized spacial score (nSPS) is 14.5. The molecule has 0 unspecified atom stereocenters. The van der Waals surface area contributed by atoms with E-state index in [0.717, 1.165) is 28.9 Å². The van der Waals surface area contributed by atoms with Gasteiger partial charge in [-0.1, -0.05) is 30.3 Å². The summed E-state index contributed by atoms with van der Waals surface area (Å²) in [5.74, 6) is 1.09. The highest BCUT2D eigenvalue weighted by atomic mass is 16.5. The van der Waals surface area contributed by atoms with Crippen LogP contribution in [0.3, 0.4) is 0 Å². The van der Waals surface area contributed by atoms with Crippen LogP contribution in [0, 0.1) is 5.21 Å². The molecule has 3 aromatic rings. The number of hydrogen-bond donors (Lipinski definition) is 2. The maximum Gasteiger partial charge on any atom is 0.303 e. The molecule has 1 aromatic heterocycles. The van der Waals surface area contributed by atoms with E-state index >= 15 is 0 Å². The number of nitrogens with one attached hydrogen (secondary N) is 1. The summed E-state index contributed by atoms with van der Waals surface area (Å²) < 4.78 is 12.4. The Labute approximate surface area is 205 Å². The summed E-state index contributed by atoms with van der Waals surface area (Å²) in [5.41, 5.74) is 4.65.